The fraction of sp³-hybridized carbons (Fsp3) is 0. The summed E-state index contributed by atoms with van der Waals surface area (Å²) >= 11 is 0. The van der Waals surface area contributed by atoms with E-state index in [4.69, 9.17) is 5.73 Å². The molecule has 2 N–H and O–H groups in total. The molecule has 3 rings (SSSR count). The third-order valence-electron chi connectivity index (χ3n) is 3.32. The summed E-state index contributed by atoms with van der Waals surface area (Å²) in [5.41, 5.74) is 10.4. The highest BCUT2D eigenvalue weighted by Gasteiger charge is 2.10. The largest absolute Gasteiger partial charge is 0.398 e. The minimum absolute atomic E-state index is 0.280. The standard InChI is InChI=1S/C18H14FN/c19-14-10-11-18(20)17(12-14)16-9-5-4-8-15(16)13-6-2-1-3-7-13/h1-12H,20H2. The van der Waals surface area contributed by atoms with Gasteiger partial charge in [-0.15, -0.1) is 0 Å². The van der Waals surface area contributed by atoms with E-state index in [0.717, 1.165) is 22.3 Å². The molecule has 2 heteroatoms. The molecule has 0 amide bonds. The van der Waals surface area contributed by atoms with Crippen LogP contribution in [0.15, 0.2) is 72.8 Å². The summed E-state index contributed by atoms with van der Waals surface area (Å²) in [5, 5.41) is 0. The molecular formula is C18H14FN. The number of halogens is 1. The van der Waals surface area contributed by atoms with Crippen LogP contribution in [0, 0.1) is 5.82 Å². The average molecular weight is 263 g/mol. The zero-order chi connectivity index (χ0) is 13.9. The Bertz CT molecular complexity index is 735. The molecule has 0 saturated carbocycles. The molecule has 0 saturated heterocycles. The predicted molar refractivity (Wildman–Crippen MR) is 81.7 cm³/mol. The highest BCUT2D eigenvalue weighted by Crippen LogP contribution is 2.35. The first-order valence-corrected chi connectivity index (χ1v) is 6.45. The summed E-state index contributed by atoms with van der Waals surface area (Å²) < 4.78 is 13.5. The lowest BCUT2D eigenvalue weighted by atomic mass is 9.94. The van der Waals surface area contributed by atoms with E-state index in [0.29, 0.717) is 5.69 Å². The first kappa shape index (κ1) is 12.4. The maximum Gasteiger partial charge on any atom is 0.123 e. The van der Waals surface area contributed by atoms with Crippen LogP contribution in [-0.4, -0.2) is 0 Å². The van der Waals surface area contributed by atoms with Crippen molar-refractivity contribution >= 4 is 5.69 Å². The van der Waals surface area contributed by atoms with Gasteiger partial charge >= 0.3 is 0 Å². The molecule has 20 heavy (non-hydrogen) atoms. The topological polar surface area (TPSA) is 26.0 Å². The Morgan fingerprint density at radius 3 is 2.05 bits per heavy atom. The fourth-order valence-electron chi connectivity index (χ4n) is 2.35. The van der Waals surface area contributed by atoms with Crippen molar-refractivity contribution in [2.24, 2.45) is 0 Å². The highest BCUT2D eigenvalue weighted by atomic mass is 19.1. The molecule has 0 atom stereocenters. The summed E-state index contributed by atoms with van der Waals surface area (Å²) in [4.78, 5) is 0. The van der Waals surface area contributed by atoms with E-state index in [-0.39, 0.29) is 5.82 Å². The second-order valence-corrected chi connectivity index (χ2v) is 4.64. The Morgan fingerprint density at radius 2 is 1.30 bits per heavy atom. The van der Waals surface area contributed by atoms with E-state index in [1.165, 1.54) is 12.1 Å². The summed E-state index contributed by atoms with van der Waals surface area (Å²) in [6.07, 6.45) is 0. The van der Waals surface area contributed by atoms with Crippen molar-refractivity contribution in [3.05, 3.63) is 78.6 Å². The molecule has 0 aliphatic heterocycles. The summed E-state index contributed by atoms with van der Waals surface area (Å²) in [5.74, 6) is -0.280. The fourth-order valence-corrected chi connectivity index (χ4v) is 2.35. The summed E-state index contributed by atoms with van der Waals surface area (Å²) in [6, 6.07) is 22.4. The van der Waals surface area contributed by atoms with Crippen molar-refractivity contribution in [3.8, 4) is 22.3 Å². The Kier molecular flexibility index (Phi) is 3.21. The quantitative estimate of drug-likeness (QED) is 0.664. The maximum atomic E-state index is 13.5. The number of hydrogen-bond acceptors (Lipinski definition) is 1. The minimum Gasteiger partial charge on any atom is -0.398 e. The van der Waals surface area contributed by atoms with Gasteiger partial charge in [-0.2, -0.15) is 0 Å². The summed E-state index contributed by atoms with van der Waals surface area (Å²) in [7, 11) is 0. The first-order valence-electron chi connectivity index (χ1n) is 6.45. The van der Waals surface area contributed by atoms with Gasteiger partial charge in [0.15, 0.2) is 0 Å². The van der Waals surface area contributed by atoms with Crippen LogP contribution in [0.4, 0.5) is 10.1 Å². The van der Waals surface area contributed by atoms with Crippen molar-refractivity contribution in [1.82, 2.24) is 0 Å². The van der Waals surface area contributed by atoms with Crippen molar-refractivity contribution in [1.29, 1.82) is 0 Å². The number of nitrogen functional groups attached to an aromatic ring is 1. The molecule has 0 heterocycles. The monoisotopic (exact) mass is 263 g/mol. The second-order valence-electron chi connectivity index (χ2n) is 4.64. The number of benzene rings is 3. The molecule has 0 spiro atoms. The van der Waals surface area contributed by atoms with Gasteiger partial charge in [0.25, 0.3) is 0 Å². The molecule has 98 valence electrons. The third kappa shape index (κ3) is 2.28. The van der Waals surface area contributed by atoms with Gasteiger partial charge in [-0.05, 0) is 34.9 Å². The van der Waals surface area contributed by atoms with Crippen molar-refractivity contribution in [2.75, 3.05) is 5.73 Å². The number of rotatable bonds is 2. The van der Waals surface area contributed by atoms with Gasteiger partial charge in [-0.1, -0.05) is 54.6 Å². The van der Waals surface area contributed by atoms with E-state index < -0.39 is 0 Å². The van der Waals surface area contributed by atoms with Gasteiger partial charge in [-0.25, -0.2) is 4.39 Å². The molecule has 0 aliphatic rings. The maximum absolute atomic E-state index is 13.5. The molecule has 3 aromatic rings. The van der Waals surface area contributed by atoms with Gasteiger partial charge in [-0.3, -0.25) is 0 Å². The highest BCUT2D eigenvalue weighted by molar-refractivity contribution is 5.88. The molecule has 0 radical (unpaired) electrons. The third-order valence-corrected chi connectivity index (χ3v) is 3.32. The van der Waals surface area contributed by atoms with E-state index in [9.17, 15) is 4.39 Å². The van der Waals surface area contributed by atoms with Crippen molar-refractivity contribution in [2.45, 2.75) is 0 Å². The zero-order valence-corrected chi connectivity index (χ0v) is 10.9. The zero-order valence-electron chi connectivity index (χ0n) is 10.9. The molecule has 0 bridgehead atoms. The van der Waals surface area contributed by atoms with E-state index >= 15 is 0 Å². The lowest BCUT2D eigenvalue weighted by Crippen LogP contribution is -1.93. The predicted octanol–water partition coefficient (Wildman–Crippen LogP) is 4.74. The molecule has 3 aromatic carbocycles. The van der Waals surface area contributed by atoms with Crippen LogP contribution in [-0.2, 0) is 0 Å². The number of anilines is 1. The van der Waals surface area contributed by atoms with Gasteiger partial charge in [0.05, 0.1) is 0 Å². The van der Waals surface area contributed by atoms with Crippen LogP contribution in [0.5, 0.6) is 0 Å². The van der Waals surface area contributed by atoms with E-state index in [1.54, 1.807) is 6.07 Å². The molecule has 1 nitrogen and oxygen atoms in total. The van der Waals surface area contributed by atoms with Gasteiger partial charge < -0.3 is 5.73 Å². The summed E-state index contributed by atoms with van der Waals surface area (Å²) in [6.45, 7) is 0. The molecule has 0 unspecified atom stereocenters. The molecule has 0 fully saturated rings. The normalized spacial score (nSPS) is 10.4. The van der Waals surface area contributed by atoms with Gasteiger partial charge in [0, 0.05) is 11.3 Å². The van der Waals surface area contributed by atoms with Crippen LogP contribution in [0.3, 0.4) is 0 Å². The first-order chi connectivity index (χ1) is 9.75. The van der Waals surface area contributed by atoms with Crippen LogP contribution >= 0.6 is 0 Å². The molecule has 0 aromatic heterocycles. The van der Waals surface area contributed by atoms with Crippen molar-refractivity contribution < 1.29 is 4.39 Å². The number of nitrogens with two attached hydrogens (primary N) is 1. The van der Waals surface area contributed by atoms with E-state index in [1.807, 2.05) is 54.6 Å². The SMILES string of the molecule is Nc1ccc(F)cc1-c1ccccc1-c1ccccc1. The van der Waals surface area contributed by atoms with Gasteiger partial charge in [0.1, 0.15) is 5.82 Å². The Morgan fingerprint density at radius 1 is 0.650 bits per heavy atom. The van der Waals surface area contributed by atoms with Crippen molar-refractivity contribution in [3.63, 3.8) is 0 Å². The number of hydrogen-bond donors (Lipinski definition) is 1. The average Bonchev–Trinajstić information content (AvgIpc) is 2.51. The Hall–Kier alpha value is -2.61. The van der Waals surface area contributed by atoms with Crippen LogP contribution in [0.1, 0.15) is 0 Å². The van der Waals surface area contributed by atoms with Crippen LogP contribution in [0.2, 0.25) is 0 Å². The lowest BCUT2D eigenvalue weighted by Gasteiger charge is -2.12. The minimum atomic E-state index is -0.280. The van der Waals surface area contributed by atoms with E-state index in [2.05, 4.69) is 0 Å². The molecule has 0 aliphatic carbocycles. The Labute approximate surface area is 117 Å². The van der Waals surface area contributed by atoms with Crippen LogP contribution < -0.4 is 5.73 Å². The second kappa shape index (κ2) is 5.17. The smallest absolute Gasteiger partial charge is 0.123 e. The lowest BCUT2D eigenvalue weighted by molar-refractivity contribution is 0.628. The Balaban J connectivity index is 2.23. The molecular weight excluding hydrogens is 249 g/mol. The van der Waals surface area contributed by atoms with Gasteiger partial charge in [0.2, 0.25) is 0 Å². The van der Waals surface area contributed by atoms with Crippen LogP contribution in [0.25, 0.3) is 22.3 Å².